The van der Waals surface area contributed by atoms with Gasteiger partial charge in [0, 0.05) is 30.9 Å². The summed E-state index contributed by atoms with van der Waals surface area (Å²) in [6.45, 7) is 9.02. The molecule has 1 aromatic rings. The van der Waals surface area contributed by atoms with Gasteiger partial charge < -0.3 is 15.1 Å². The van der Waals surface area contributed by atoms with Gasteiger partial charge >= 0.3 is 0 Å². The number of anilines is 1. The van der Waals surface area contributed by atoms with Gasteiger partial charge in [0.15, 0.2) is 0 Å². The molecule has 1 aliphatic rings. The summed E-state index contributed by atoms with van der Waals surface area (Å²) < 4.78 is 0. The SMILES string of the molecule is Cc1ccc(N2CCCC2)c(C(=O)NCC(C)(C)N(C)C)c1. The number of nitrogens with one attached hydrogen (secondary N) is 1. The summed E-state index contributed by atoms with van der Waals surface area (Å²) in [4.78, 5) is 17.1. The first kappa shape index (κ1) is 16.8. The lowest BCUT2D eigenvalue weighted by atomic mass is 10.0. The van der Waals surface area contributed by atoms with Gasteiger partial charge in [0.2, 0.25) is 0 Å². The zero-order chi connectivity index (χ0) is 16.3. The summed E-state index contributed by atoms with van der Waals surface area (Å²) in [5, 5.41) is 3.10. The van der Waals surface area contributed by atoms with Crippen molar-refractivity contribution < 1.29 is 4.79 Å². The van der Waals surface area contributed by atoms with Gasteiger partial charge in [-0.2, -0.15) is 0 Å². The smallest absolute Gasteiger partial charge is 0.253 e. The molecule has 0 bridgehead atoms. The fraction of sp³-hybridized carbons (Fsp3) is 0.611. The largest absolute Gasteiger partial charge is 0.371 e. The number of hydrogen-bond donors (Lipinski definition) is 1. The van der Waals surface area contributed by atoms with Crippen molar-refractivity contribution in [1.29, 1.82) is 0 Å². The molecular formula is C18H29N3O. The lowest BCUT2D eigenvalue weighted by Gasteiger charge is -2.32. The third-order valence-corrected chi connectivity index (χ3v) is 4.74. The average molecular weight is 303 g/mol. The molecule has 0 saturated carbocycles. The van der Waals surface area contributed by atoms with Crippen molar-refractivity contribution >= 4 is 11.6 Å². The van der Waals surface area contributed by atoms with E-state index in [9.17, 15) is 4.79 Å². The minimum atomic E-state index is -0.0622. The molecule has 0 unspecified atom stereocenters. The van der Waals surface area contributed by atoms with Gasteiger partial charge in [0.05, 0.1) is 5.56 Å². The van der Waals surface area contributed by atoms with E-state index in [1.165, 1.54) is 12.8 Å². The van der Waals surface area contributed by atoms with Crippen LogP contribution in [0.2, 0.25) is 0 Å². The number of rotatable bonds is 5. The second-order valence-corrected chi connectivity index (χ2v) is 7.10. The molecule has 1 aliphatic heterocycles. The fourth-order valence-corrected chi connectivity index (χ4v) is 2.62. The minimum Gasteiger partial charge on any atom is -0.371 e. The van der Waals surface area contributed by atoms with Crippen molar-refractivity contribution in [3.8, 4) is 0 Å². The van der Waals surface area contributed by atoms with Crippen molar-refractivity contribution in [2.24, 2.45) is 0 Å². The Morgan fingerprint density at radius 3 is 2.50 bits per heavy atom. The summed E-state index contributed by atoms with van der Waals surface area (Å²) in [6, 6.07) is 6.19. The Balaban J connectivity index is 2.16. The molecule has 4 heteroatoms. The predicted octanol–water partition coefficient (Wildman–Crippen LogP) is 2.67. The highest BCUT2D eigenvalue weighted by molar-refractivity contribution is 6.00. The highest BCUT2D eigenvalue weighted by Gasteiger charge is 2.24. The second kappa shape index (κ2) is 6.69. The molecule has 4 nitrogen and oxygen atoms in total. The van der Waals surface area contributed by atoms with E-state index in [0.717, 1.165) is 29.9 Å². The lowest BCUT2D eigenvalue weighted by molar-refractivity contribution is 0.0920. The first-order valence-electron chi connectivity index (χ1n) is 8.12. The Bertz CT molecular complexity index is 531. The van der Waals surface area contributed by atoms with Gasteiger partial charge in [-0.3, -0.25) is 4.79 Å². The maximum absolute atomic E-state index is 12.7. The normalized spacial score (nSPS) is 15.5. The van der Waals surface area contributed by atoms with Crippen molar-refractivity contribution in [3.63, 3.8) is 0 Å². The van der Waals surface area contributed by atoms with Gasteiger partial charge in [-0.15, -0.1) is 0 Å². The molecule has 122 valence electrons. The molecule has 0 aliphatic carbocycles. The molecule has 1 aromatic carbocycles. The van der Waals surface area contributed by atoms with Crippen molar-refractivity contribution in [2.75, 3.05) is 38.6 Å². The number of carbonyl (C=O) groups excluding carboxylic acids is 1. The standard InChI is InChI=1S/C18H29N3O/c1-14-8-9-16(21-10-6-7-11-21)15(12-14)17(22)19-13-18(2,3)20(4)5/h8-9,12H,6-7,10-11,13H2,1-5H3,(H,19,22). The van der Waals surface area contributed by atoms with E-state index >= 15 is 0 Å². The number of aryl methyl sites for hydroxylation is 1. The van der Waals surface area contributed by atoms with Crippen LogP contribution < -0.4 is 10.2 Å². The van der Waals surface area contributed by atoms with Gasteiger partial charge in [0.1, 0.15) is 0 Å². The van der Waals surface area contributed by atoms with E-state index in [2.05, 4.69) is 41.1 Å². The molecule has 0 aromatic heterocycles. The molecular weight excluding hydrogens is 274 g/mol. The number of hydrogen-bond acceptors (Lipinski definition) is 3. The number of likely N-dealkylation sites (N-methyl/N-ethyl adjacent to an activating group) is 1. The molecule has 22 heavy (non-hydrogen) atoms. The van der Waals surface area contributed by atoms with Crippen LogP contribution in [0.1, 0.15) is 42.6 Å². The average Bonchev–Trinajstić information content (AvgIpc) is 2.98. The zero-order valence-corrected chi connectivity index (χ0v) is 14.6. The fourth-order valence-electron chi connectivity index (χ4n) is 2.62. The van der Waals surface area contributed by atoms with Crippen molar-refractivity contribution in [2.45, 2.75) is 39.2 Å². The van der Waals surface area contributed by atoms with Crippen molar-refractivity contribution in [3.05, 3.63) is 29.3 Å². The highest BCUT2D eigenvalue weighted by Crippen LogP contribution is 2.25. The molecule has 2 rings (SSSR count). The van der Waals surface area contributed by atoms with E-state index in [1.807, 2.05) is 27.1 Å². The Kier molecular flexibility index (Phi) is 5.12. The first-order chi connectivity index (χ1) is 10.3. The molecule has 0 atom stereocenters. The molecule has 1 heterocycles. The summed E-state index contributed by atoms with van der Waals surface area (Å²) in [5.41, 5.74) is 2.94. The van der Waals surface area contributed by atoms with Gasteiger partial charge in [-0.25, -0.2) is 0 Å². The van der Waals surface area contributed by atoms with E-state index in [-0.39, 0.29) is 11.4 Å². The molecule has 1 N–H and O–H groups in total. The van der Waals surface area contributed by atoms with Crippen LogP contribution in [-0.4, -0.2) is 50.1 Å². The predicted molar refractivity (Wildman–Crippen MR) is 92.7 cm³/mol. The third-order valence-electron chi connectivity index (χ3n) is 4.74. The maximum Gasteiger partial charge on any atom is 0.253 e. The molecule has 0 spiro atoms. The quantitative estimate of drug-likeness (QED) is 0.908. The van der Waals surface area contributed by atoms with Crippen LogP contribution in [0.15, 0.2) is 18.2 Å². The first-order valence-corrected chi connectivity index (χ1v) is 8.12. The third kappa shape index (κ3) is 3.80. The number of nitrogens with zero attached hydrogens (tertiary/aromatic N) is 2. The van der Waals surface area contributed by atoms with Crippen LogP contribution in [0, 0.1) is 6.92 Å². The van der Waals surface area contributed by atoms with Crippen LogP contribution in [0.5, 0.6) is 0 Å². The number of carbonyl (C=O) groups is 1. The van der Waals surface area contributed by atoms with Crippen LogP contribution in [0.25, 0.3) is 0 Å². The maximum atomic E-state index is 12.7. The molecule has 0 radical (unpaired) electrons. The van der Waals surface area contributed by atoms with Crippen LogP contribution in [0.4, 0.5) is 5.69 Å². The van der Waals surface area contributed by atoms with E-state index in [1.54, 1.807) is 0 Å². The highest BCUT2D eigenvalue weighted by atomic mass is 16.1. The van der Waals surface area contributed by atoms with Gasteiger partial charge in [-0.1, -0.05) is 11.6 Å². The van der Waals surface area contributed by atoms with E-state index in [4.69, 9.17) is 0 Å². The summed E-state index contributed by atoms with van der Waals surface area (Å²) >= 11 is 0. The molecule has 1 saturated heterocycles. The zero-order valence-electron chi connectivity index (χ0n) is 14.6. The summed E-state index contributed by atoms with van der Waals surface area (Å²) in [6.07, 6.45) is 2.42. The van der Waals surface area contributed by atoms with Gasteiger partial charge in [-0.05, 0) is 59.8 Å². The Labute approximate surface area is 134 Å². The molecule has 1 fully saturated rings. The molecule has 1 amide bonds. The topological polar surface area (TPSA) is 35.6 Å². The number of amides is 1. The van der Waals surface area contributed by atoms with Crippen molar-refractivity contribution in [1.82, 2.24) is 10.2 Å². The lowest BCUT2D eigenvalue weighted by Crippen LogP contribution is -2.48. The Morgan fingerprint density at radius 1 is 1.27 bits per heavy atom. The Hall–Kier alpha value is -1.55. The summed E-state index contributed by atoms with van der Waals surface area (Å²) in [7, 11) is 4.07. The van der Waals surface area contributed by atoms with E-state index < -0.39 is 0 Å². The van der Waals surface area contributed by atoms with Crippen LogP contribution >= 0.6 is 0 Å². The van der Waals surface area contributed by atoms with E-state index in [0.29, 0.717) is 6.54 Å². The number of benzene rings is 1. The second-order valence-electron chi connectivity index (χ2n) is 7.10. The van der Waals surface area contributed by atoms with Gasteiger partial charge in [0.25, 0.3) is 5.91 Å². The minimum absolute atomic E-state index is 0.0283. The van der Waals surface area contributed by atoms with Crippen LogP contribution in [-0.2, 0) is 0 Å². The summed E-state index contributed by atoms with van der Waals surface area (Å²) in [5.74, 6) is 0.0283. The Morgan fingerprint density at radius 2 is 1.91 bits per heavy atom. The van der Waals surface area contributed by atoms with Crippen LogP contribution in [0.3, 0.4) is 0 Å². The monoisotopic (exact) mass is 303 g/mol.